The second kappa shape index (κ2) is 6.71. The molecule has 0 saturated carbocycles. The van der Waals surface area contributed by atoms with Crippen LogP contribution < -0.4 is 5.32 Å². The van der Waals surface area contributed by atoms with Gasteiger partial charge < -0.3 is 20.1 Å². The third kappa shape index (κ3) is 3.49. The van der Waals surface area contributed by atoms with Crippen molar-refractivity contribution in [2.24, 2.45) is 4.99 Å². The molecule has 0 aromatic heterocycles. The molecule has 0 radical (unpaired) electrons. The number of hydrogen-bond donors (Lipinski definition) is 2. The molecule has 1 aromatic carbocycles. The van der Waals surface area contributed by atoms with Crippen LogP contribution in [-0.2, 0) is 4.74 Å². The number of hydrogen-bond acceptors (Lipinski definition) is 4. The molecule has 0 atom stereocenters. The van der Waals surface area contributed by atoms with Crippen molar-refractivity contribution < 1.29 is 14.6 Å². The number of benzene rings is 1. The Morgan fingerprint density at radius 1 is 1.60 bits per heavy atom. The number of aliphatic hydroxyl groups is 1. The lowest BCUT2D eigenvalue weighted by Gasteiger charge is -2.18. The summed E-state index contributed by atoms with van der Waals surface area (Å²) in [6.45, 7) is 1.38. The summed E-state index contributed by atoms with van der Waals surface area (Å²) in [5, 5.41) is 11.7. The van der Waals surface area contributed by atoms with Crippen LogP contribution in [0.3, 0.4) is 0 Å². The van der Waals surface area contributed by atoms with E-state index in [1.54, 1.807) is 13.1 Å². The van der Waals surface area contributed by atoms with E-state index in [2.05, 4.69) is 26.2 Å². The molecule has 7 heteroatoms. The standard InChI is InChI=1S/C13H16BrN3O3/c1-17(5-6-18)13(19)16-11-8-9(14)2-3-10(11)12-15-4-7-20-12/h2-3,8,18H,4-7H2,1H3,(H,16,19). The Hall–Kier alpha value is -1.60. The monoisotopic (exact) mass is 341 g/mol. The van der Waals surface area contributed by atoms with Crippen molar-refractivity contribution in [2.75, 3.05) is 38.7 Å². The average molecular weight is 342 g/mol. The highest BCUT2D eigenvalue weighted by Gasteiger charge is 2.17. The third-order valence-corrected chi connectivity index (χ3v) is 3.31. The molecule has 108 valence electrons. The second-order valence-corrected chi connectivity index (χ2v) is 5.22. The maximum atomic E-state index is 12.0. The van der Waals surface area contributed by atoms with Crippen LogP contribution in [0.15, 0.2) is 27.7 Å². The Balaban J connectivity index is 2.21. The Labute approximate surface area is 125 Å². The molecular formula is C13H16BrN3O3. The van der Waals surface area contributed by atoms with Gasteiger partial charge in [0.2, 0.25) is 5.90 Å². The van der Waals surface area contributed by atoms with Crippen LogP contribution in [0.1, 0.15) is 5.56 Å². The fraction of sp³-hybridized carbons (Fsp3) is 0.385. The lowest BCUT2D eigenvalue weighted by molar-refractivity contribution is 0.202. The zero-order valence-corrected chi connectivity index (χ0v) is 12.7. The zero-order chi connectivity index (χ0) is 14.5. The number of anilines is 1. The minimum atomic E-state index is -0.294. The Kier molecular flexibility index (Phi) is 4.97. The van der Waals surface area contributed by atoms with Gasteiger partial charge >= 0.3 is 6.03 Å². The van der Waals surface area contributed by atoms with Gasteiger partial charge in [-0.1, -0.05) is 15.9 Å². The van der Waals surface area contributed by atoms with E-state index in [0.29, 0.717) is 24.7 Å². The zero-order valence-electron chi connectivity index (χ0n) is 11.1. The van der Waals surface area contributed by atoms with Gasteiger partial charge in [0, 0.05) is 18.1 Å². The minimum absolute atomic E-state index is 0.0783. The van der Waals surface area contributed by atoms with Crippen LogP contribution in [0.2, 0.25) is 0 Å². The summed E-state index contributed by atoms with van der Waals surface area (Å²) >= 11 is 3.38. The van der Waals surface area contributed by atoms with Crippen molar-refractivity contribution in [1.82, 2.24) is 4.90 Å². The van der Waals surface area contributed by atoms with E-state index in [1.807, 2.05) is 12.1 Å². The topological polar surface area (TPSA) is 74.2 Å². The van der Waals surface area contributed by atoms with Gasteiger partial charge in [-0.15, -0.1) is 0 Å². The van der Waals surface area contributed by atoms with E-state index >= 15 is 0 Å². The number of nitrogens with one attached hydrogen (secondary N) is 1. The Morgan fingerprint density at radius 3 is 3.05 bits per heavy atom. The van der Waals surface area contributed by atoms with Crippen LogP contribution in [0.25, 0.3) is 0 Å². The highest BCUT2D eigenvalue weighted by Crippen LogP contribution is 2.24. The number of urea groups is 1. The van der Waals surface area contributed by atoms with Crippen LogP contribution in [0, 0.1) is 0 Å². The Morgan fingerprint density at radius 2 is 2.40 bits per heavy atom. The molecule has 1 aromatic rings. The van der Waals surface area contributed by atoms with E-state index in [0.717, 1.165) is 10.0 Å². The molecule has 0 spiro atoms. The van der Waals surface area contributed by atoms with Gasteiger partial charge in [-0.05, 0) is 18.2 Å². The predicted molar refractivity (Wildman–Crippen MR) is 80.2 cm³/mol. The smallest absolute Gasteiger partial charge is 0.321 e. The minimum Gasteiger partial charge on any atom is -0.475 e. The fourth-order valence-electron chi connectivity index (χ4n) is 1.77. The molecule has 1 aliphatic heterocycles. The number of amides is 2. The summed E-state index contributed by atoms with van der Waals surface area (Å²) in [6, 6.07) is 5.21. The molecule has 1 heterocycles. The number of aliphatic hydroxyl groups excluding tert-OH is 1. The quantitative estimate of drug-likeness (QED) is 0.874. The second-order valence-electron chi connectivity index (χ2n) is 4.30. The number of nitrogens with zero attached hydrogens (tertiary/aromatic N) is 2. The molecule has 0 bridgehead atoms. The molecule has 20 heavy (non-hydrogen) atoms. The first-order valence-electron chi connectivity index (χ1n) is 6.22. The lowest BCUT2D eigenvalue weighted by Crippen LogP contribution is -2.34. The molecule has 1 aliphatic rings. The van der Waals surface area contributed by atoms with Gasteiger partial charge in [-0.25, -0.2) is 9.79 Å². The summed E-state index contributed by atoms with van der Waals surface area (Å²) in [7, 11) is 1.62. The maximum Gasteiger partial charge on any atom is 0.321 e. The highest BCUT2D eigenvalue weighted by molar-refractivity contribution is 9.10. The summed E-state index contributed by atoms with van der Waals surface area (Å²) in [4.78, 5) is 17.7. The van der Waals surface area contributed by atoms with E-state index in [4.69, 9.17) is 9.84 Å². The van der Waals surface area contributed by atoms with Gasteiger partial charge in [-0.2, -0.15) is 0 Å². The fourth-order valence-corrected chi connectivity index (χ4v) is 2.13. The molecule has 0 unspecified atom stereocenters. The molecule has 2 N–H and O–H groups in total. The first-order valence-corrected chi connectivity index (χ1v) is 7.01. The van der Waals surface area contributed by atoms with Gasteiger partial charge in [0.05, 0.1) is 24.4 Å². The largest absolute Gasteiger partial charge is 0.475 e. The number of halogens is 1. The normalized spacial score (nSPS) is 13.7. The number of carbonyl (C=O) groups excluding carboxylic acids is 1. The van der Waals surface area contributed by atoms with Gasteiger partial charge in [0.1, 0.15) is 6.61 Å². The van der Waals surface area contributed by atoms with Crippen molar-refractivity contribution in [3.8, 4) is 0 Å². The highest BCUT2D eigenvalue weighted by atomic mass is 79.9. The van der Waals surface area contributed by atoms with Crippen molar-refractivity contribution in [3.63, 3.8) is 0 Å². The first-order chi connectivity index (χ1) is 9.61. The molecule has 6 nitrogen and oxygen atoms in total. The van der Waals surface area contributed by atoms with Gasteiger partial charge in [0.15, 0.2) is 0 Å². The molecule has 0 aliphatic carbocycles. The van der Waals surface area contributed by atoms with Crippen LogP contribution >= 0.6 is 15.9 Å². The van der Waals surface area contributed by atoms with Gasteiger partial charge in [0.25, 0.3) is 0 Å². The third-order valence-electron chi connectivity index (χ3n) is 2.82. The van der Waals surface area contributed by atoms with Crippen molar-refractivity contribution in [3.05, 3.63) is 28.2 Å². The lowest BCUT2D eigenvalue weighted by atomic mass is 10.1. The van der Waals surface area contributed by atoms with Crippen LogP contribution in [-0.4, -0.2) is 55.3 Å². The molecule has 2 amide bonds. The van der Waals surface area contributed by atoms with E-state index in [9.17, 15) is 4.79 Å². The Bertz CT molecular complexity index is 534. The van der Waals surface area contributed by atoms with Crippen molar-refractivity contribution in [2.45, 2.75) is 0 Å². The van der Waals surface area contributed by atoms with Gasteiger partial charge in [-0.3, -0.25) is 0 Å². The molecular weight excluding hydrogens is 326 g/mol. The van der Waals surface area contributed by atoms with Crippen LogP contribution in [0.5, 0.6) is 0 Å². The van der Waals surface area contributed by atoms with Crippen molar-refractivity contribution in [1.29, 1.82) is 0 Å². The van der Waals surface area contributed by atoms with Crippen molar-refractivity contribution >= 4 is 33.5 Å². The number of likely N-dealkylation sites (N-methyl/N-ethyl adjacent to an activating group) is 1. The average Bonchev–Trinajstić information content (AvgIpc) is 2.93. The summed E-state index contributed by atoms with van der Waals surface area (Å²) in [6.07, 6.45) is 0. The number of aliphatic imine (C=N–C) groups is 1. The van der Waals surface area contributed by atoms with E-state index < -0.39 is 0 Å². The molecule has 0 saturated heterocycles. The predicted octanol–water partition coefficient (Wildman–Crippen LogP) is 1.68. The van der Waals surface area contributed by atoms with E-state index in [-0.39, 0.29) is 19.2 Å². The van der Waals surface area contributed by atoms with Crippen LogP contribution in [0.4, 0.5) is 10.5 Å². The summed E-state index contributed by atoms with van der Waals surface area (Å²) in [5.74, 6) is 0.539. The number of rotatable bonds is 4. The van der Waals surface area contributed by atoms with E-state index in [1.165, 1.54) is 4.90 Å². The summed E-state index contributed by atoms with van der Waals surface area (Å²) in [5.41, 5.74) is 1.37. The molecule has 2 rings (SSSR count). The number of ether oxygens (including phenoxy) is 1. The maximum absolute atomic E-state index is 12.0. The summed E-state index contributed by atoms with van der Waals surface area (Å²) < 4.78 is 6.29. The molecule has 0 fully saturated rings. The SMILES string of the molecule is CN(CCO)C(=O)Nc1cc(Br)ccc1C1=NCCO1. The first kappa shape index (κ1) is 14.8. The number of carbonyl (C=O) groups is 1.